The molecule has 112 valence electrons. The number of rotatable bonds is 4. The summed E-state index contributed by atoms with van der Waals surface area (Å²) in [5.74, 6) is 3.08. The number of nitrogens with one attached hydrogen (secondary N) is 1. The van der Waals surface area contributed by atoms with Crippen molar-refractivity contribution in [2.24, 2.45) is 0 Å². The van der Waals surface area contributed by atoms with E-state index in [1.165, 1.54) is 0 Å². The van der Waals surface area contributed by atoms with Gasteiger partial charge in [0.25, 0.3) is 0 Å². The van der Waals surface area contributed by atoms with Crippen molar-refractivity contribution in [2.75, 3.05) is 29.0 Å². The summed E-state index contributed by atoms with van der Waals surface area (Å²) in [5, 5.41) is 3.21. The van der Waals surface area contributed by atoms with Crippen LogP contribution in [0.5, 0.6) is 0 Å². The minimum Gasteiger partial charge on any atom is -0.464 e. The maximum atomic E-state index is 5.79. The molecule has 7 heteroatoms. The van der Waals surface area contributed by atoms with Crippen LogP contribution in [0, 0.1) is 6.92 Å². The minimum absolute atomic E-state index is 0.0353. The molecule has 3 N–H and O–H groups in total. The normalized spacial score (nSPS) is 16.2. The van der Waals surface area contributed by atoms with E-state index in [1.54, 1.807) is 0 Å². The molecule has 2 aromatic rings. The molecule has 2 aromatic heterocycles. The molecule has 1 fully saturated rings. The monoisotopic (exact) mass is 288 g/mol. The molecule has 0 saturated carbocycles. The van der Waals surface area contributed by atoms with Gasteiger partial charge in [-0.15, -0.1) is 0 Å². The molecule has 0 bridgehead atoms. The highest BCUT2D eigenvalue weighted by Gasteiger charge is 2.18. The number of nitrogens with zero attached hydrogens (tertiary/aromatic N) is 4. The van der Waals surface area contributed by atoms with E-state index in [0.717, 1.165) is 37.5 Å². The smallest absolute Gasteiger partial charge is 0.231 e. The summed E-state index contributed by atoms with van der Waals surface area (Å²) >= 11 is 0. The van der Waals surface area contributed by atoms with Crippen molar-refractivity contribution >= 4 is 17.8 Å². The molecule has 0 amide bonds. The van der Waals surface area contributed by atoms with Crippen LogP contribution >= 0.6 is 0 Å². The average Bonchev–Trinajstić information content (AvgIpc) is 3.08. The molecule has 1 atom stereocenters. The van der Waals surface area contributed by atoms with Gasteiger partial charge in [0.15, 0.2) is 0 Å². The maximum Gasteiger partial charge on any atom is 0.231 e. The second-order valence-corrected chi connectivity index (χ2v) is 5.33. The van der Waals surface area contributed by atoms with Gasteiger partial charge in [0, 0.05) is 13.1 Å². The highest BCUT2D eigenvalue weighted by molar-refractivity contribution is 5.43. The van der Waals surface area contributed by atoms with Crippen LogP contribution in [0.2, 0.25) is 0 Å². The van der Waals surface area contributed by atoms with Gasteiger partial charge in [-0.2, -0.15) is 15.0 Å². The molecular formula is C14H20N6O. The lowest BCUT2D eigenvalue weighted by Crippen LogP contribution is -2.22. The third-order valence-electron chi connectivity index (χ3n) is 3.56. The summed E-state index contributed by atoms with van der Waals surface area (Å²) in [5.41, 5.74) is 5.79. The van der Waals surface area contributed by atoms with Crippen molar-refractivity contribution in [3.8, 4) is 0 Å². The van der Waals surface area contributed by atoms with E-state index >= 15 is 0 Å². The lowest BCUT2D eigenvalue weighted by atomic mass is 10.2. The van der Waals surface area contributed by atoms with E-state index in [-0.39, 0.29) is 12.0 Å². The molecule has 1 aliphatic heterocycles. The van der Waals surface area contributed by atoms with Crippen molar-refractivity contribution in [3.05, 3.63) is 23.7 Å². The van der Waals surface area contributed by atoms with E-state index < -0.39 is 0 Å². The van der Waals surface area contributed by atoms with Gasteiger partial charge in [0.1, 0.15) is 11.5 Å². The molecule has 3 heterocycles. The van der Waals surface area contributed by atoms with Crippen molar-refractivity contribution in [3.63, 3.8) is 0 Å². The zero-order chi connectivity index (χ0) is 14.8. The van der Waals surface area contributed by atoms with Gasteiger partial charge in [-0.1, -0.05) is 0 Å². The first-order chi connectivity index (χ1) is 10.1. The van der Waals surface area contributed by atoms with E-state index in [9.17, 15) is 0 Å². The average molecular weight is 288 g/mol. The lowest BCUT2D eigenvalue weighted by molar-refractivity contribution is 0.466. The number of nitrogens with two attached hydrogens (primary N) is 1. The van der Waals surface area contributed by atoms with Gasteiger partial charge in [-0.25, -0.2) is 0 Å². The van der Waals surface area contributed by atoms with Crippen LogP contribution in [0.15, 0.2) is 16.5 Å². The number of anilines is 3. The van der Waals surface area contributed by atoms with Gasteiger partial charge >= 0.3 is 0 Å². The number of nitrogen functional groups attached to an aromatic ring is 1. The molecule has 1 unspecified atom stereocenters. The first-order valence-electron chi connectivity index (χ1n) is 7.21. The maximum absolute atomic E-state index is 5.79. The zero-order valence-electron chi connectivity index (χ0n) is 12.3. The van der Waals surface area contributed by atoms with Gasteiger partial charge in [0.05, 0.1) is 6.04 Å². The SMILES string of the molecule is Cc1ccc(C(C)Nc2nc(N)nc(N3CCCC3)n2)o1. The largest absolute Gasteiger partial charge is 0.464 e. The zero-order valence-corrected chi connectivity index (χ0v) is 12.3. The Hall–Kier alpha value is -2.31. The summed E-state index contributed by atoms with van der Waals surface area (Å²) in [6.45, 7) is 5.85. The second-order valence-electron chi connectivity index (χ2n) is 5.33. The topological polar surface area (TPSA) is 93.1 Å². The molecule has 1 aliphatic rings. The Balaban J connectivity index is 1.78. The molecule has 0 aliphatic carbocycles. The van der Waals surface area contributed by atoms with Crippen molar-refractivity contribution in [2.45, 2.75) is 32.7 Å². The predicted octanol–water partition coefficient (Wildman–Crippen LogP) is 2.13. The van der Waals surface area contributed by atoms with Crippen LogP contribution in [-0.2, 0) is 0 Å². The van der Waals surface area contributed by atoms with Gasteiger partial charge < -0.3 is 20.4 Å². The third kappa shape index (κ3) is 3.07. The van der Waals surface area contributed by atoms with E-state index in [1.807, 2.05) is 26.0 Å². The van der Waals surface area contributed by atoms with Crippen LogP contribution in [0.4, 0.5) is 17.8 Å². The molecule has 7 nitrogen and oxygen atoms in total. The summed E-state index contributed by atoms with van der Waals surface area (Å²) in [7, 11) is 0. The molecule has 1 saturated heterocycles. The highest BCUT2D eigenvalue weighted by atomic mass is 16.3. The molecule has 0 radical (unpaired) electrons. The minimum atomic E-state index is -0.0353. The second kappa shape index (κ2) is 5.59. The summed E-state index contributed by atoms with van der Waals surface area (Å²) in [6, 6.07) is 3.84. The van der Waals surface area contributed by atoms with E-state index in [0.29, 0.717) is 11.9 Å². The number of aryl methyl sites for hydroxylation is 1. The van der Waals surface area contributed by atoms with Gasteiger partial charge in [-0.3, -0.25) is 0 Å². The molecule has 0 aromatic carbocycles. The van der Waals surface area contributed by atoms with Gasteiger partial charge in [0.2, 0.25) is 17.8 Å². The first kappa shape index (κ1) is 13.7. The Morgan fingerprint density at radius 3 is 2.67 bits per heavy atom. The van der Waals surface area contributed by atoms with Crippen LogP contribution < -0.4 is 16.0 Å². The molecular weight excluding hydrogens is 268 g/mol. The van der Waals surface area contributed by atoms with Gasteiger partial charge in [-0.05, 0) is 38.8 Å². The Bertz CT molecular complexity index is 620. The predicted molar refractivity (Wildman–Crippen MR) is 81.2 cm³/mol. The van der Waals surface area contributed by atoms with Crippen LogP contribution in [0.1, 0.15) is 37.3 Å². The van der Waals surface area contributed by atoms with Crippen LogP contribution in [0.3, 0.4) is 0 Å². The molecule has 3 rings (SSSR count). The number of hydrogen-bond donors (Lipinski definition) is 2. The third-order valence-corrected chi connectivity index (χ3v) is 3.56. The standard InChI is InChI=1S/C14H20N6O/c1-9-5-6-11(21-9)10(2)16-13-17-12(15)18-14(19-13)20-7-3-4-8-20/h5-6,10H,3-4,7-8H2,1-2H3,(H3,15,16,17,18,19). The summed E-state index contributed by atoms with van der Waals surface area (Å²) in [4.78, 5) is 15.0. The Labute approximate surface area is 123 Å². The fourth-order valence-corrected chi connectivity index (χ4v) is 2.45. The Morgan fingerprint density at radius 1 is 1.24 bits per heavy atom. The van der Waals surface area contributed by atoms with E-state index in [4.69, 9.17) is 10.2 Å². The van der Waals surface area contributed by atoms with E-state index in [2.05, 4.69) is 25.2 Å². The Kier molecular flexibility index (Phi) is 3.64. The number of hydrogen-bond acceptors (Lipinski definition) is 7. The Morgan fingerprint density at radius 2 is 2.00 bits per heavy atom. The lowest BCUT2D eigenvalue weighted by Gasteiger charge is -2.17. The van der Waals surface area contributed by atoms with Crippen molar-refractivity contribution < 1.29 is 4.42 Å². The number of aromatic nitrogens is 3. The highest BCUT2D eigenvalue weighted by Crippen LogP contribution is 2.22. The fraction of sp³-hybridized carbons (Fsp3) is 0.500. The van der Waals surface area contributed by atoms with Crippen LogP contribution in [0.25, 0.3) is 0 Å². The fourth-order valence-electron chi connectivity index (χ4n) is 2.45. The van der Waals surface area contributed by atoms with Crippen molar-refractivity contribution in [1.82, 2.24) is 15.0 Å². The first-order valence-corrected chi connectivity index (χ1v) is 7.21. The van der Waals surface area contributed by atoms with Crippen molar-refractivity contribution in [1.29, 1.82) is 0 Å². The summed E-state index contributed by atoms with van der Waals surface area (Å²) < 4.78 is 5.60. The number of furan rings is 1. The molecule has 0 spiro atoms. The molecule has 21 heavy (non-hydrogen) atoms. The van der Waals surface area contributed by atoms with Crippen LogP contribution in [-0.4, -0.2) is 28.0 Å². The quantitative estimate of drug-likeness (QED) is 0.890. The summed E-state index contributed by atoms with van der Waals surface area (Å²) in [6.07, 6.45) is 2.33.